The Bertz CT molecular complexity index is 379. The number of anilines is 1. The van der Waals surface area contributed by atoms with Crippen molar-refractivity contribution < 1.29 is 4.79 Å². The number of amides is 1. The van der Waals surface area contributed by atoms with Crippen LogP contribution in [0.1, 0.15) is 6.42 Å². The van der Waals surface area contributed by atoms with Crippen LogP contribution < -0.4 is 4.90 Å². The first kappa shape index (κ1) is 9.98. The van der Waals surface area contributed by atoms with Gasteiger partial charge in [-0.25, -0.2) is 4.98 Å². The number of carbonyl (C=O) groups excluding carboxylic acids is 1. The second-order valence-electron chi connectivity index (χ2n) is 3.21. The van der Waals surface area contributed by atoms with Gasteiger partial charge in [-0.15, -0.1) is 0 Å². The standard InChI is InChI=1S/C8H9BrClN3O/c1-12-7-6(10)11-4-13(7)3-2-5(9)8(12)14/h4-5H,2-3H2,1H3. The number of aryl methyl sites for hydroxylation is 1. The van der Waals surface area contributed by atoms with E-state index >= 15 is 0 Å². The van der Waals surface area contributed by atoms with Gasteiger partial charge in [0.1, 0.15) is 0 Å². The number of halogens is 2. The molecule has 14 heavy (non-hydrogen) atoms. The van der Waals surface area contributed by atoms with Gasteiger partial charge < -0.3 is 4.57 Å². The number of imidazole rings is 1. The molecule has 1 aromatic heterocycles. The molecule has 1 amide bonds. The normalized spacial score (nSPS) is 22.1. The highest BCUT2D eigenvalue weighted by Gasteiger charge is 2.28. The van der Waals surface area contributed by atoms with Gasteiger partial charge in [-0.3, -0.25) is 9.69 Å². The summed E-state index contributed by atoms with van der Waals surface area (Å²) in [5.74, 6) is 0.699. The molecule has 0 radical (unpaired) electrons. The van der Waals surface area contributed by atoms with Crippen LogP contribution in [0.4, 0.5) is 5.82 Å². The number of carbonyl (C=O) groups is 1. The van der Waals surface area contributed by atoms with Gasteiger partial charge in [-0.05, 0) is 6.42 Å². The molecule has 0 aliphatic carbocycles. The Kier molecular flexibility index (Phi) is 2.53. The lowest BCUT2D eigenvalue weighted by atomic mass is 10.3. The van der Waals surface area contributed by atoms with E-state index in [1.54, 1.807) is 18.3 Å². The van der Waals surface area contributed by atoms with Crippen molar-refractivity contribution in [2.45, 2.75) is 17.8 Å². The van der Waals surface area contributed by atoms with E-state index in [1.807, 2.05) is 4.57 Å². The second kappa shape index (κ2) is 3.55. The Balaban J connectivity index is 2.47. The predicted octanol–water partition coefficient (Wildman–Crippen LogP) is 1.67. The van der Waals surface area contributed by atoms with Gasteiger partial charge in [0.2, 0.25) is 5.91 Å². The van der Waals surface area contributed by atoms with Crippen molar-refractivity contribution in [2.24, 2.45) is 0 Å². The molecule has 1 aliphatic heterocycles. The van der Waals surface area contributed by atoms with E-state index in [9.17, 15) is 4.79 Å². The summed E-state index contributed by atoms with van der Waals surface area (Å²) in [6, 6.07) is 0. The lowest BCUT2D eigenvalue weighted by Gasteiger charge is -2.16. The summed E-state index contributed by atoms with van der Waals surface area (Å²) in [5.41, 5.74) is 0. The predicted molar refractivity (Wildman–Crippen MR) is 58.0 cm³/mol. The molecule has 0 bridgehead atoms. The zero-order valence-electron chi connectivity index (χ0n) is 7.57. The fourth-order valence-electron chi connectivity index (χ4n) is 1.54. The Hall–Kier alpha value is -0.550. The Morgan fingerprint density at radius 1 is 1.71 bits per heavy atom. The molecule has 0 fully saturated rings. The number of rotatable bonds is 0. The molecule has 1 unspecified atom stereocenters. The van der Waals surface area contributed by atoms with E-state index in [1.165, 1.54) is 0 Å². The van der Waals surface area contributed by atoms with Crippen LogP contribution in [0.2, 0.25) is 5.15 Å². The molecule has 76 valence electrons. The Labute approximate surface area is 95.0 Å². The Morgan fingerprint density at radius 3 is 3.14 bits per heavy atom. The number of aromatic nitrogens is 2. The second-order valence-corrected chi connectivity index (χ2v) is 4.67. The summed E-state index contributed by atoms with van der Waals surface area (Å²) in [6.07, 6.45) is 2.41. The molecular formula is C8H9BrClN3O. The van der Waals surface area contributed by atoms with E-state index < -0.39 is 0 Å². The molecular weight excluding hydrogens is 269 g/mol. The number of alkyl halides is 1. The lowest BCUT2D eigenvalue weighted by molar-refractivity contribution is -0.117. The van der Waals surface area contributed by atoms with Gasteiger partial charge in [-0.2, -0.15) is 0 Å². The summed E-state index contributed by atoms with van der Waals surface area (Å²) in [6.45, 7) is 0.751. The number of hydrogen-bond donors (Lipinski definition) is 0. The van der Waals surface area contributed by atoms with Crippen molar-refractivity contribution in [1.82, 2.24) is 9.55 Å². The molecule has 1 aromatic rings. The van der Waals surface area contributed by atoms with E-state index in [4.69, 9.17) is 11.6 Å². The van der Waals surface area contributed by atoms with E-state index in [-0.39, 0.29) is 10.7 Å². The average Bonchev–Trinajstić information content (AvgIpc) is 2.49. The minimum atomic E-state index is -0.136. The number of hydrogen-bond acceptors (Lipinski definition) is 2. The first-order valence-corrected chi connectivity index (χ1v) is 5.53. The molecule has 0 saturated heterocycles. The summed E-state index contributed by atoms with van der Waals surface area (Å²) in [4.78, 5) is 17.1. The van der Waals surface area contributed by atoms with Crippen molar-refractivity contribution in [1.29, 1.82) is 0 Å². The molecule has 0 aromatic carbocycles. The maximum absolute atomic E-state index is 11.7. The van der Waals surface area contributed by atoms with E-state index in [0.717, 1.165) is 13.0 Å². The number of nitrogens with zero attached hydrogens (tertiary/aromatic N) is 3. The molecule has 2 heterocycles. The zero-order valence-corrected chi connectivity index (χ0v) is 9.92. The van der Waals surface area contributed by atoms with Gasteiger partial charge in [0.05, 0.1) is 11.2 Å². The van der Waals surface area contributed by atoms with Crippen molar-refractivity contribution in [3.8, 4) is 0 Å². The van der Waals surface area contributed by atoms with Crippen LogP contribution in [-0.4, -0.2) is 27.3 Å². The van der Waals surface area contributed by atoms with E-state index in [0.29, 0.717) is 11.0 Å². The molecule has 4 nitrogen and oxygen atoms in total. The molecule has 0 N–H and O–H groups in total. The Morgan fingerprint density at radius 2 is 2.43 bits per heavy atom. The number of fused-ring (bicyclic) bond motifs is 1. The highest BCUT2D eigenvalue weighted by atomic mass is 79.9. The average molecular weight is 279 g/mol. The SMILES string of the molecule is CN1C(=O)C(Br)CCn2cnc(Cl)c21. The van der Waals surface area contributed by atoms with Crippen molar-refractivity contribution in [3.05, 3.63) is 11.5 Å². The topological polar surface area (TPSA) is 38.1 Å². The third-order valence-corrected chi connectivity index (χ3v) is 3.42. The highest BCUT2D eigenvalue weighted by molar-refractivity contribution is 9.10. The van der Waals surface area contributed by atoms with Crippen LogP contribution in [0, 0.1) is 0 Å². The van der Waals surface area contributed by atoms with Crippen LogP contribution in [0.3, 0.4) is 0 Å². The minimum Gasteiger partial charge on any atom is -0.316 e. The third-order valence-electron chi connectivity index (χ3n) is 2.31. The molecule has 0 spiro atoms. The smallest absolute Gasteiger partial charge is 0.241 e. The van der Waals surface area contributed by atoms with Crippen LogP contribution in [0.25, 0.3) is 0 Å². The van der Waals surface area contributed by atoms with Gasteiger partial charge >= 0.3 is 0 Å². The van der Waals surface area contributed by atoms with Crippen molar-refractivity contribution in [2.75, 3.05) is 11.9 Å². The molecule has 1 aliphatic rings. The zero-order chi connectivity index (χ0) is 10.3. The van der Waals surface area contributed by atoms with Gasteiger partial charge in [0.15, 0.2) is 11.0 Å². The van der Waals surface area contributed by atoms with Crippen LogP contribution in [0.15, 0.2) is 6.33 Å². The largest absolute Gasteiger partial charge is 0.316 e. The summed E-state index contributed by atoms with van der Waals surface area (Å²) in [5, 5.41) is 0.377. The molecule has 6 heteroatoms. The van der Waals surface area contributed by atoms with Crippen LogP contribution in [0.5, 0.6) is 0 Å². The maximum Gasteiger partial charge on any atom is 0.241 e. The van der Waals surface area contributed by atoms with Crippen LogP contribution >= 0.6 is 27.5 Å². The first-order chi connectivity index (χ1) is 6.61. The van der Waals surface area contributed by atoms with Gasteiger partial charge in [-0.1, -0.05) is 27.5 Å². The van der Waals surface area contributed by atoms with Crippen molar-refractivity contribution in [3.63, 3.8) is 0 Å². The van der Waals surface area contributed by atoms with Crippen molar-refractivity contribution >= 4 is 39.3 Å². The molecule has 1 atom stereocenters. The van der Waals surface area contributed by atoms with Gasteiger partial charge in [0, 0.05) is 13.6 Å². The maximum atomic E-state index is 11.7. The first-order valence-electron chi connectivity index (χ1n) is 4.23. The fourth-order valence-corrected chi connectivity index (χ4v) is 2.33. The molecule has 0 saturated carbocycles. The monoisotopic (exact) mass is 277 g/mol. The summed E-state index contributed by atoms with van der Waals surface area (Å²) in [7, 11) is 1.71. The highest BCUT2D eigenvalue weighted by Crippen LogP contribution is 2.28. The lowest BCUT2D eigenvalue weighted by Crippen LogP contribution is -2.32. The van der Waals surface area contributed by atoms with E-state index in [2.05, 4.69) is 20.9 Å². The fraction of sp³-hybridized carbons (Fsp3) is 0.500. The minimum absolute atomic E-state index is 0.0196. The quantitative estimate of drug-likeness (QED) is 0.677. The van der Waals surface area contributed by atoms with Gasteiger partial charge in [0.25, 0.3) is 0 Å². The summed E-state index contributed by atoms with van der Waals surface area (Å²) < 4.78 is 1.89. The summed E-state index contributed by atoms with van der Waals surface area (Å²) >= 11 is 9.24. The van der Waals surface area contributed by atoms with Crippen LogP contribution in [-0.2, 0) is 11.3 Å². The molecule has 2 rings (SSSR count). The third kappa shape index (κ3) is 1.44.